The number of carbonyl (C=O) groups is 3. The van der Waals surface area contributed by atoms with Gasteiger partial charge in [-0.25, -0.2) is 0 Å². The van der Waals surface area contributed by atoms with Crippen molar-refractivity contribution in [1.29, 1.82) is 0 Å². The van der Waals surface area contributed by atoms with Gasteiger partial charge in [-0.1, -0.05) is 48.6 Å². The van der Waals surface area contributed by atoms with Crippen LogP contribution in [0.1, 0.15) is 30.0 Å². The van der Waals surface area contributed by atoms with Crippen LogP contribution in [0.5, 0.6) is 0 Å². The fourth-order valence-electron chi connectivity index (χ4n) is 5.65. The highest BCUT2D eigenvalue weighted by Gasteiger charge is 2.60. The number of hydrogen-bond donors (Lipinski definition) is 1. The lowest BCUT2D eigenvalue weighted by atomic mass is 9.85. The molecule has 2 fully saturated rings. The number of benzene rings is 2. The molecule has 168 valence electrons. The highest BCUT2D eigenvalue weighted by molar-refractivity contribution is 6.07. The molecule has 1 N–H and O–H groups in total. The Hall–Kier alpha value is -3.81. The Labute approximate surface area is 190 Å². The third kappa shape index (κ3) is 3.42. The number of likely N-dealkylation sites (tertiary alicyclic amines) is 1. The van der Waals surface area contributed by atoms with E-state index in [-0.39, 0.29) is 53.3 Å². The van der Waals surface area contributed by atoms with Crippen molar-refractivity contribution in [3.05, 3.63) is 81.9 Å². The lowest BCUT2D eigenvalue weighted by molar-refractivity contribution is -0.383. The van der Waals surface area contributed by atoms with Crippen molar-refractivity contribution in [2.24, 2.45) is 23.7 Å². The van der Waals surface area contributed by atoms with Crippen LogP contribution in [0.3, 0.4) is 0 Å². The second-order valence-corrected chi connectivity index (χ2v) is 8.95. The molecule has 3 aliphatic rings. The van der Waals surface area contributed by atoms with Gasteiger partial charge >= 0.3 is 0 Å². The molecule has 0 radical (unpaired) electrons. The third-order valence-corrected chi connectivity index (χ3v) is 7.12. The van der Waals surface area contributed by atoms with Crippen molar-refractivity contribution in [2.45, 2.75) is 25.8 Å². The fraction of sp³-hybridized carbons (Fsp3) is 0.320. The van der Waals surface area contributed by atoms with Crippen LogP contribution >= 0.6 is 0 Å². The maximum absolute atomic E-state index is 13.4. The molecule has 0 aromatic heterocycles. The van der Waals surface area contributed by atoms with Crippen LogP contribution in [0.25, 0.3) is 0 Å². The van der Waals surface area contributed by atoms with E-state index in [9.17, 15) is 24.5 Å². The van der Waals surface area contributed by atoms with Crippen LogP contribution in [-0.4, -0.2) is 27.5 Å². The van der Waals surface area contributed by atoms with E-state index < -0.39 is 16.9 Å². The van der Waals surface area contributed by atoms with Gasteiger partial charge in [0.15, 0.2) is 0 Å². The first-order valence-corrected chi connectivity index (χ1v) is 11.0. The average Bonchev–Trinajstić information content (AvgIpc) is 3.47. The second-order valence-electron chi connectivity index (χ2n) is 8.95. The molecule has 1 heterocycles. The summed E-state index contributed by atoms with van der Waals surface area (Å²) in [5.74, 6) is -1.55. The first-order valence-electron chi connectivity index (χ1n) is 11.0. The van der Waals surface area contributed by atoms with Gasteiger partial charge in [-0.2, -0.15) is 0 Å². The van der Waals surface area contributed by atoms with Crippen molar-refractivity contribution < 1.29 is 19.3 Å². The summed E-state index contributed by atoms with van der Waals surface area (Å²) in [5.41, 5.74) is 1.44. The largest absolute Gasteiger partial charge is 0.320 e. The maximum atomic E-state index is 13.4. The molecule has 0 spiro atoms. The van der Waals surface area contributed by atoms with Crippen molar-refractivity contribution in [3.63, 3.8) is 0 Å². The zero-order valence-corrected chi connectivity index (χ0v) is 18.0. The normalized spacial score (nSPS) is 25.9. The highest BCUT2D eigenvalue weighted by atomic mass is 16.6. The van der Waals surface area contributed by atoms with Gasteiger partial charge in [0.2, 0.25) is 17.7 Å². The highest BCUT2D eigenvalue weighted by Crippen LogP contribution is 2.54. The van der Waals surface area contributed by atoms with E-state index in [4.69, 9.17) is 0 Å². The number of anilines is 1. The van der Waals surface area contributed by atoms with Crippen molar-refractivity contribution in [3.8, 4) is 0 Å². The molecule has 1 saturated heterocycles. The standard InChI is InChI=1S/C25H23N3O5/c1-14-6-2-3-7-17(14)20(13-21(29)26-18-8-4-5-9-19(18)28(32)33)27-24(30)22-15-10-11-16(12-15)23(22)25(27)31/h2-11,15-16,20,22-23H,12-13H2,1H3,(H,26,29). The maximum Gasteiger partial charge on any atom is 0.292 e. The summed E-state index contributed by atoms with van der Waals surface area (Å²) in [6, 6.07) is 12.5. The minimum Gasteiger partial charge on any atom is -0.320 e. The first-order chi connectivity index (χ1) is 15.9. The van der Waals surface area contributed by atoms with Crippen LogP contribution in [0, 0.1) is 40.7 Å². The number of amides is 3. The van der Waals surface area contributed by atoms with E-state index in [2.05, 4.69) is 5.32 Å². The molecule has 5 unspecified atom stereocenters. The second kappa shape index (κ2) is 7.95. The van der Waals surface area contributed by atoms with Crippen LogP contribution < -0.4 is 5.32 Å². The van der Waals surface area contributed by atoms with E-state index in [0.717, 1.165) is 17.5 Å². The van der Waals surface area contributed by atoms with Gasteiger partial charge in [0.05, 0.1) is 29.2 Å². The average molecular weight is 445 g/mol. The molecule has 5 rings (SSSR count). The van der Waals surface area contributed by atoms with Gasteiger partial charge in [0.25, 0.3) is 5.69 Å². The number of nitrogens with zero attached hydrogens (tertiary/aromatic N) is 2. The van der Waals surface area contributed by atoms with Gasteiger partial charge in [-0.3, -0.25) is 29.4 Å². The Kier molecular flexibility index (Phi) is 5.08. The molecular formula is C25H23N3O5. The molecule has 2 aliphatic carbocycles. The van der Waals surface area contributed by atoms with Gasteiger partial charge in [0.1, 0.15) is 5.69 Å². The van der Waals surface area contributed by atoms with E-state index in [1.54, 1.807) is 6.07 Å². The van der Waals surface area contributed by atoms with Crippen molar-refractivity contribution in [2.75, 3.05) is 5.32 Å². The topological polar surface area (TPSA) is 110 Å². The predicted molar refractivity (Wildman–Crippen MR) is 120 cm³/mol. The SMILES string of the molecule is Cc1ccccc1C(CC(=O)Nc1ccccc1[N+](=O)[O-])N1C(=O)C2C3C=CC(C3)C2C1=O. The number of para-hydroxylation sites is 2. The smallest absolute Gasteiger partial charge is 0.292 e. The monoisotopic (exact) mass is 445 g/mol. The molecule has 1 aliphatic heterocycles. The van der Waals surface area contributed by atoms with Gasteiger partial charge < -0.3 is 5.32 Å². The number of aryl methyl sites for hydroxylation is 1. The molecule has 1 saturated carbocycles. The molecular weight excluding hydrogens is 422 g/mol. The molecule has 8 nitrogen and oxygen atoms in total. The molecule has 3 amide bonds. The number of nitro benzene ring substituents is 1. The number of nitrogens with one attached hydrogen (secondary N) is 1. The fourth-order valence-corrected chi connectivity index (χ4v) is 5.65. The van der Waals surface area contributed by atoms with Gasteiger partial charge in [-0.15, -0.1) is 0 Å². The van der Waals surface area contributed by atoms with Crippen LogP contribution in [-0.2, 0) is 14.4 Å². The Morgan fingerprint density at radius 1 is 1.06 bits per heavy atom. The zero-order chi connectivity index (χ0) is 23.3. The minimum atomic E-state index is -0.779. The van der Waals surface area contributed by atoms with E-state index in [1.165, 1.54) is 23.1 Å². The third-order valence-electron chi connectivity index (χ3n) is 7.12. The summed E-state index contributed by atoms with van der Waals surface area (Å²) >= 11 is 0. The molecule has 5 atom stereocenters. The Bertz CT molecular complexity index is 1180. The molecule has 2 bridgehead atoms. The summed E-state index contributed by atoms with van der Waals surface area (Å²) in [5, 5.41) is 13.9. The quantitative estimate of drug-likeness (QED) is 0.315. The van der Waals surface area contributed by atoms with Gasteiger partial charge in [0, 0.05) is 6.07 Å². The summed E-state index contributed by atoms with van der Waals surface area (Å²) in [7, 11) is 0. The summed E-state index contributed by atoms with van der Waals surface area (Å²) < 4.78 is 0. The number of imide groups is 1. The summed E-state index contributed by atoms with van der Waals surface area (Å²) in [6.07, 6.45) is 4.71. The number of rotatable bonds is 6. The number of carbonyl (C=O) groups excluding carboxylic acids is 3. The number of nitro groups is 1. The first kappa shape index (κ1) is 21.1. The Morgan fingerprint density at radius 2 is 1.67 bits per heavy atom. The molecule has 33 heavy (non-hydrogen) atoms. The van der Waals surface area contributed by atoms with E-state index in [1.807, 2.05) is 43.3 Å². The number of fused-ring (bicyclic) bond motifs is 5. The lowest BCUT2D eigenvalue weighted by Gasteiger charge is -2.29. The van der Waals surface area contributed by atoms with Crippen LogP contribution in [0.2, 0.25) is 0 Å². The van der Waals surface area contributed by atoms with Crippen LogP contribution in [0.15, 0.2) is 60.7 Å². The van der Waals surface area contributed by atoms with Crippen LogP contribution in [0.4, 0.5) is 11.4 Å². The predicted octanol–water partition coefficient (Wildman–Crippen LogP) is 3.78. The number of allylic oxidation sites excluding steroid dienone is 2. The molecule has 2 aromatic carbocycles. The van der Waals surface area contributed by atoms with Crippen molar-refractivity contribution >= 4 is 29.1 Å². The summed E-state index contributed by atoms with van der Waals surface area (Å²) in [4.78, 5) is 52.0. The van der Waals surface area contributed by atoms with E-state index in [0.29, 0.717) is 0 Å². The Morgan fingerprint density at radius 3 is 2.30 bits per heavy atom. The van der Waals surface area contributed by atoms with Gasteiger partial charge in [-0.05, 0) is 42.4 Å². The Balaban J connectivity index is 1.46. The van der Waals surface area contributed by atoms with Crippen molar-refractivity contribution in [1.82, 2.24) is 4.90 Å². The van der Waals surface area contributed by atoms with E-state index >= 15 is 0 Å². The zero-order valence-electron chi connectivity index (χ0n) is 18.0. The number of hydrogen-bond acceptors (Lipinski definition) is 5. The minimum absolute atomic E-state index is 0.0692. The molecule has 2 aromatic rings. The molecule has 8 heteroatoms. The summed E-state index contributed by atoms with van der Waals surface area (Å²) in [6.45, 7) is 1.87. The lowest BCUT2D eigenvalue weighted by Crippen LogP contribution is -2.38.